The largest absolute Gasteiger partial charge is 0.394 e. The maximum absolute atomic E-state index is 9.52. The van der Waals surface area contributed by atoms with Crippen LogP contribution in [0.2, 0.25) is 0 Å². The molecule has 1 rings (SSSR count). The standard InChI is InChI=1S/C17H30N2O/c1-4-17(15-20,18-2)12-8-13-19(3)14-11-16-9-6-5-7-10-16/h5-7,9-10,18,20H,4,8,11-15H2,1-3H3. The lowest BCUT2D eigenvalue weighted by Gasteiger charge is -2.31. The second-order valence-electron chi connectivity index (χ2n) is 5.68. The van der Waals surface area contributed by atoms with Crippen molar-refractivity contribution in [2.45, 2.75) is 38.1 Å². The van der Waals surface area contributed by atoms with Gasteiger partial charge in [0.2, 0.25) is 0 Å². The molecular weight excluding hydrogens is 248 g/mol. The van der Waals surface area contributed by atoms with Gasteiger partial charge in [0.15, 0.2) is 0 Å². The van der Waals surface area contributed by atoms with Crippen LogP contribution in [0.25, 0.3) is 0 Å². The Kier molecular flexibility index (Phi) is 7.82. The number of benzene rings is 1. The zero-order chi connectivity index (χ0) is 14.8. The molecule has 0 bridgehead atoms. The molecule has 0 aliphatic heterocycles. The molecule has 1 atom stereocenters. The summed E-state index contributed by atoms with van der Waals surface area (Å²) in [6.07, 6.45) is 4.20. The summed E-state index contributed by atoms with van der Waals surface area (Å²) >= 11 is 0. The highest BCUT2D eigenvalue weighted by atomic mass is 16.3. The maximum atomic E-state index is 9.52. The summed E-state index contributed by atoms with van der Waals surface area (Å²) in [6.45, 7) is 4.51. The van der Waals surface area contributed by atoms with Gasteiger partial charge >= 0.3 is 0 Å². The summed E-state index contributed by atoms with van der Waals surface area (Å²) in [5.74, 6) is 0. The number of aliphatic hydroxyl groups is 1. The van der Waals surface area contributed by atoms with Gasteiger partial charge in [-0.2, -0.15) is 0 Å². The zero-order valence-corrected chi connectivity index (χ0v) is 13.2. The van der Waals surface area contributed by atoms with E-state index in [0.717, 1.165) is 38.8 Å². The molecule has 1 unspecified atom stereocenters. The summed E-state index contributed by atoms with van der Waals surface area (Å²) in [6, 6.07) is 10.6. The van der Waals surface area contributed by atoms with Crippen molar-refractivity contribution in [3.63, 3.8) is 0 Å². The number of likely N-dealkylation sites (N-methyl/N-ethyl adjacent to an activating group) is 2. The lowest BCUT2D eigenvalue weighted by molar-refractivity contribution is 0.148. The van der Waals surface area contributed by atoms with Crippen molar-refractivity contribution in [2.75, 3.05) is 33.8 Å². The summed E-state index contributed by atoms with van der Waals surface area (Å²) < 4.78 is 0. The van der Waals surface area contributed by atoms with Crippen LogP contribution in [0.15, 0.2) is 30.3 Å². The van der Waals surface area contributed by atoms with Gasteiger partial charge in [0.1, 0.15) is 0 Å². The highest BCUT2D eigenvalue weighted by molar-refractivity contribution is 5.14. The Hall–Kier alpha value is -0.900. The molecular formula is C17H30N2O. The van der Waals surface area contributed by atoms with E-state index in [0.29, 0.717) is 0 Å². The van der Waals surface area contributed by atoms with Gasteiger partial charge in [-0.15, -0.1) is 0 Å². The van der Waals surface area contributed by atoms with Crippen LogP contribution in [0.3, 0.4) is 0 Å². The molecule has 20 heavy (non-hydrogen) atoms. The normalized spacial score (nSPS) is 14.4. The van der Waals surface area contributed by atoms with Crippen molar-refractivity contribution in [2.24, 2.45) is 0 Å². The van der Waals surface area contributed by atoms with Gasteiger partial charge in [-0.05, 0) is 51.9 Å². The minimum atomic E-state index is -0.0970. The Balaban J connectivity index is 2.24. The summed E-state index contributed by atoms with van der Waals surface area (Å²) in [7, 11) is 4.12. The van der Waals surface area contributed by atoms with E-state index in [1.165, 1.54) is 5.56 Å². The molecule has 0 aliphatic carbocycles. The maximum Gasteiger partial charge on any atom is 0.0613 e. The SMILES string of the molecule is CCC(CO)(CCCN(C)CCc1ccccc1)NC. The van der Waals surface area contributed by atoms with Gasteiger partial charge in [-0.3, -0.25) is 0 Å². The minimum Gasteiger partial charge on any atom is -0.394 e. The van der Waals surface area contributed by atoms with Crippen LogP contribution in [0.4, 0.5) is 0 Å². The Morgan fingerprint density at radius 3 is 2.45 bits per heavy atom. The molecule has 1 aromatic carbocycles. The number of hydrogen-bond acceptors (Lipinski definition) is 3. The predicted molar refractivity (Wildman–Crippen MR) is 86.0 cm³/mol. The van der Waals surface area contributed by atoms with Gasteiger partial charge in [0.05, 0.1) is 6.61 Å². The number of hydrogen-bond donors (Lipinski definition) is 2. The second kappa shape index (κ2) is 9.11. The summed E-state index contributed by atoms with van der Waals surface area (Å²) in [5.41, 5.74) is 1.30. The van der Waals surface area contributed by atoms with E-state index in [-0.39, 0.29) is 12.1 Å². The first-order chi connectivity index (χ1) is 9.65. The molecule has 0 aliphatic rings. The van der Waals surface area contributed by atoms with Gasteiger partial charge in [0, 0.05) is 12.1 Å². The van der Waals surface area contributed by atoms with E-state index >= 15 is 0 Å². The van der Waals surface area contributed by atoms with Crippen LogP contribution in [-0.2, 0) is 6.42 Å². The summed E-state index contributed by atoms with van der Waals surface area (Å²) in [5, 5.41) is 12.8. The van der Waals surface area contributed by atoms with E-state index in [1.54, 1.807) is 0 Å². The number of rotatable bonds is 10. The fourth-order valence-corrected chi connectivity index (χ4v) is 2.51. The molecule has 3 nitrogen and oxygen atoms in total. The Morgan fingerprint density at radius 1 is 1.20 bits per heavy atom. The van der Waals surface area contributed by atoms with E-state index in [9.17, 15) is 5.11 Å². The van der Waals surface area contributed by atoms with Gasteiger partial charge in [0.25, 0.3) is 0 Å². The molecule has 0 heterocycles. The van der Waals surface area contributed by atoms with Crippen molar-refractivity contribution < 1.29 is 5.11 Å². The molecule has 0 radical (unpaired) electrons. The van der Waals surface area contributed by atoms with E-state index in [1.807, 2.05) is 7.05 Å². The van der Waals surface area contributed by atoms with E-state index in [2.05, 4.69) is 54.5 Å². The van der Waals surface area contributed by atoms with Crippen LogP contribution in [0.1, 0.15) is 31.7 Å². The van der Waals surface area contributed by atoms with Gasteiger partial charge in [-0.25, -0.2) is 0 Å². The number of aliphatic hydroxyl groups excluding tert-OH is 1. The Bertz CT molecular complexity index is 341. The average Bonchev–Trinajstić information content (AvgIpc) is 2.51. The van der Waals surface area contributed by atoms with Crippen LogP contribution < -0.4 is 5.32 Å². The molecule has 0 aromatic heterocycles. The van der Waals surface area contributed by atoms with Crippen molar-refractivity contribution in [1.82, 2.24) is 10.2 Å². The van der Waals surface area contributed by atoms with Crippen LogP contribution in [0.5, 0.6) is 0 Å². The highest BCUT2D eigenvalue weighted by Gasteiger charge is 2.24. The lowest BCUT2D eigenvalue weighted by Crippen LogP contribution is -2.46. The van der Waals surface area contributed by atoms with Crippen LogP contribution in [0, 0.1) is 0 Å². The quantitative estimate of drug-likeness (QED) is 0.689. The number of nitrogens with one attached hydrogen (secondary N) is 1. The third-order valence-corrected chi connectivity index (χ3v) is 4.33. The minimum absolute atomic E-state index is 0.0970. The van der Waals surface area contributed by atoms with Crippen molar-refractivity contribution in [3.8, 4) is 0 Å². The van der Waals surface area contributed by atoms with E-state index < -0.39 is 0 Å². The Labute approximate surface area is 124 Å². The predicted octanol–water partition coefficient (Wildman–Crippen LogP) is 2.30. The highest BCUT2D eigenvalue weighted by Crippen LogP contribution is 2.16. The van der Waals surface area contributed by atoms with Crippen LogP contribution in [-0.4, -0.2) is 49.3 Å². The second-order valence-corrected chi connectivity index (χ2v) is 5.68. The molecule has 0 saturated carbocycles. The lowest BCUT2D eigenvalue weighted by atomic mass is 9.91. The molecule has 0 saturated heterocycles. The zero-order valence-electron chi connectivity index (χ0n) is 13.2. The first kappa shape index (κ1) is 17.2. The fraction of sp³-hybridized carbons (Fsp3) is 0.647. The first-order valence-electron chi connectivity index (χ1n) is 7.68. The van der Waals surface area contributed by atoms with Gasteiger partial charge in [-0.1, -0.05) is 37.3 Å². The number of nitrogens with zero attached hydrogens (tertiary/aromatic N) is 1. The van der Waals surface area contributed by atoms with Crippen molar-refractivity contribution in [3.05, 3.63) is 35.9 Å². The molecule has 1 aromatic rings. The first-order valence-corrected chi connectivity index (χ1v) is 7.68. The summed E-state index contributed by atoms with van der Waals surface area (Å²) in [4.78, 5) is 2.38. The average molecular weight is 278 g/mol. The molecule has 0 fully saturated rings. The van der Waals surface area contributed by atoms with Crippen LogP contribution >= 0.6 is 0 Å². The molecule has 3 heteroatoms. The van der Waals surface area contributed by atoms with Crippen molar-refractivity contribution >= 4 is 0 Å². The third-order valence-electron chi connectivity index (χ3n) is 4.33. The fourth-order valence-electron chi connectivity index (χ4n) is 2.51. The monoisotopic (exact) mass is 278 g/mol. The molecule has 114 valence electrons. The van der Waals surface area contributed by atoms with Crippen molar-refractivity contribution in [1.29, 1.82) is 0 Å². The molecule has 0 amide bonds. The Morgan fingerprint density at radius 2 is 1.90 bits per heavy atom. The smallest absolute Gasteiger partial charge is 0.0613 e. The molecule has 2 N–H and O–H groups in total. The third kappa shape index (κ3) is 5.61. The van der Waals surface area contributed by atoms with Gasteiger partial charge < -0.3 is 15.3 Å². The van der Waals surface area contributed by atoms with E-state index in [4.69, 9.17) is 0 Å². The molecule has 0 spiro atoms. The topological polar surface area (TPSA) is 35.5 Å².